The van der Waals surface area contributed by atoms with Crippen molar-refractivity contribution in [3.63, 3.8) is 0 Å². The molecule has 3 nitrogen and oxygen atoms in total. The molecule has 0 aliphatic heterocycles. The number of hydrogen-bond donors (Lipinski definition) is 0. The van der Waals surface area contributed by atoms with Crippen molar-refractivity contribution >= 4 is 5.69 Å². The van der Waals surface area contributed by atoms with Crippen LogP contribution in [0.2, 0.25) is 0 Å². The highest BCUT2D eigenvalue weighted by molar-refractivity contribution is 5.53. The van der Waals surface area contributed by atoms with Gasteiger partial charge in [-0.15, -0.1) is 0 Å². The molecule has 0 atom stereocenters. The molecule has 0 spiro atoms. The molecular formula is C10H13F2NO2. The summed E-state index contributed by atoms with van der Waals surface area (Å²) in [4.78, 5) is 0. The first-order valence-electron chi connectivity index (χ1n) is 4.51. The number of anilines is 1. The molecule has 84 valence electrons. The third-order valence-corrected chi connectivity index (χ3v) is 1.71. The van der Waals surface area contributed by atoms with Crippen LogP contribution in [0.5, 0.6) is 11.5 Å². The predicted molar refractivity (Wildman–Crippen MR) is 53.5 cm³/mol. The van der Waals surface area contributed by atoms with Crippen molar-refractivity contribution in [2.24, 2.45) is 0 Å². The zero-order valence-electron chi connectivity index (χ0n) is 8.83. The molecule has 0 radical (unpaired) electrons. The van der Waals surface area contributed by atoms with Crippen LogP contribution in [0, 0.1) is 0 Å². The van der Waals surface area contributed by atoms with E-state index in [1.54, 1.807) is 0 Å². The predicted octanol–water partition coefficient (Wildman–Crippen LogP) is 3.06. The van der Waals surface area contributed by atoms with Crippen LogP contribution in [0.4, 0.5) is 14.6 Å². The minimum atomic E-state index is -0.971. The zero-order chi connectivity index (χ0) is 11.4. The van der Waals surface area contributed by atoms with Gasteiger partial charge in [-0.3, -0.25) is 0 Å². The molecule has 1 aromatic carbocycles. The molecule has 0 saturated heterocycles. The van der Waals surface area contributed by atoms with Gasteiger partial charge in [0.25, 0.3) is 0 Å². The van der Waals surface area contributed by atoms with Gasteiger partial charge in [0.1, 0.15) is 5.69 Å². The highest BCUT2D eigenvalue weighted by Gasteiger charge is 2.10. The highest BCUT2D eigenvalue weighted by Crippen LogP contribution is 2.32. The topological polar surface area (TPSA) is 21.7 Å². The molecule has 0 aliphatic rings. The van der Waals surface area contributed by atoms with Gasteiger partial charge in [0.05, 0.1) is 13.2 Å². The monoisotopic (exact) mass is 217 g/mol. The summed E-state index contributed by atoms with van der Waals surface area (Å²) in [6.07, 6.45) is -0.0309. The summed E-state index contributed by atoms with van der Waals surface area (Å²) in [5.74, 6) is 0.750. The minimum Gasteiger partial charge on any atom is -0.493 e. The lowest BCUT2D eigenvalue weighted by atomic mass is 10.3. The largest absolute Gasteiger partial charge is 0.493 e. The van der Waals surface area contributed by atoms with E-state index in [-0.39, 0.29) is 11.8 Å². The summed E-state index contributed by atoms with van der Waals surface area (Å²) in [5.41, 5.74) is -0.233. The molecule has 0 aliphatic carbocycles. The van der Waals surface area contributed by atoms with Crippen LogP contribution in [-0.2, 0) is 0 Å². The van der Waals surface area contributed by atoms with Crippen molar-refractivity contribution in [3.05, 3.63) is 18.2 Å². The number of ether oxygens (including phenoxy) is 2. The number of halogens is 2. The molecule has 0 amide bonds. The van der Waals surface area contributed by atoms with Gasteiger partial charge in [-0.1, -0.05) is 8.96 Å². The van der Waals surface area contributed by atoms with Crippen LogP contribution < -0.4 is 14.8 Å². The SMILES string of the molecule is COc1cc(N(F)F)ccc1OC(C)C. The molecule has 0 aromatic heterocycles. The Kier molecular flexibility index (Phi) is 3.71. The van der Waals surface area contributed by atoms with E-state index in [1.807, 2.05) is 13.8 Å². The number of methoxy groups -OCH3 is 1. The van der Waals surface area contributed by atoms with Crippen molar-refractivity contribution in [1.82, 2.24) is 0 Å². The molecule has 0 bridgehead atoms. The average molecular weight is 217 g/mol. The smallest absolute Gasteiger partial charge is 0.163 e. The van der Waals surface area contributed by atoms with Gasteiger partial charge >= 0.3 is 0 Å². The zero-order valence-corrected chi connectivity index (χ0v) is 8.83. The fourth-order valence-electron chi connectivity index (χ4n) is 1.11. The van der Waals surface area contributed by atoms with Gasteiger partial charge in [-0.05, 0) is 31.3 Å². The summed E-state index contributed by atoms with van der Waals surface area (Å²) in [5, 5.41) is -0.971. The van der Waals surface area contributed by atoms with Gasteiger partial charge < -0.3 is 9.47 Å². The molecule has 0 N–H and O–H groups in total. The van der Waals surface area contributed by atoms with Gasteiger partial charge in [0.2, 0.25) is 0 Å². The molecule has 0 saturated carbocycles. The van der Waals surface area contributed by atoms with E-state index in [1.165, 1.54) is 25.3 Å². The van der Waals surface area contributed by atoms with E-state index in [2.05, 4.69) is 0 Å². The lowest BCUT2D eigenvalue weighted by molar-refractivity contribution is 0.226. The molecule has 0 unspecified atom stereocenters. The van der Waals surface area contributed by atoms with Crippen LogP contribution in [-0.4, -0.2) is 13.2 Å². The fourth-order valence-corrected chi connectivity index (χ4v) is 1.11. The maximum atomic E-state index is 12.2. The Morgan fingerprint density at radius 1 is 1.20 bits per heavy atom. The van der Waals surface area contributed by atoms with Crippen LogP contribution in [0.1, 0.15) is 13.8 Å². The van der Waals surface area contributed by atoms with Crippen LogP contribution in [0.15, 0.2) is 18.2 Å². The summed E-state index contributed by atoms with van der Waals surface area (Å²) in [6, 6.07) is 3.94. The van der Waals surface area contributed by atoms with Crippen molar-refractivity contribution < 1.29 is 18.4 Å². The molecule has 0 fully saturated rings. The Labute approximate surface area is 87.1 Å². The second-order valence-electron chi connectivity index (χ2n) is 3.23. The minimum absolute atomic E-state index is 0.0309. The normalized spacial score (nSPS) is 10.3. The Balaban J connectivity index is 2.98. The van der Waals surface area contributed by atoms with E-state index < -0.39 is 5.34 Å². The van der Waals surface area contributed by atoms with Crippen LogP contribution in [0.25, 0.3) is 0 Å². The third kappa shape index (κ3) is 2.97. The Morgan fingerprint density at radius 2 is 1.87 bits per heavy atom. The first kappa shape index (κ1) is 11.6. The maximum Gasteiger partial charge on any atom is 0.163 e. The van der Waals surface area contributed by atoms with E-state index in [0.717, 1.165) is 0 Å². The molecule has 0 heterocycles. The van der Waals surface area contributed by atoms with E-state index in [4.69, 9.17) is 9.47 Å². The van der Waals surface area contributed by atoms with Gasteiger partial charge in [0, 0.05) is 6.07 Å². The van der Waals surface area contributed by atoms with E-state index in [0.29, 0.717) is 11.5 Å². The van der Waals surface area contributed by atoms with Gasteiger partial charge in [0.15, 0.2) is 11.5 Å². The number of rotatable bonds is 4. The maximum absolute atomic E-state index is 12.2. The average Bonchev–Trinajstić information content (AvgIpc) is 2.17. The highest BCUT2D eigenvalue weighted by atomic mass is 19.4. The second kappa shape index (κ2) is 4.82. The lowest BCUT2D eigenvalue weighted by Gasteiger charge is -2.14. The van der Waals surface area contributed by atoms with Gasteiger partial charge in [-0.2, -0.15) is 0 Å². The first-order valence-corrected chi connectivity index (χ1v) is 4.51. The number of hydrogen-bond acceptors (Lipinski definition) is 3. The summed E-state index contributed by atoms with van der Waals surface area (Å²) >= 11 is 0. The Morgan fingerprint density at radius 3 is 2.33 bits per heavy atom. The Hall–Kier alpha value is -1.52. The first-order chi connectivity index (χ1) is 7.04. The van der Waals surface area contributed by atoms with Crippen molar-refractivity contribution in [2.45, 2.75) is 20.0 Å². The van der Waals surface area contributed by atoms with Crippen molar-refractivity contribution in [2.75, 3.05) is 12.5 Å². The van der Waals surface area contributed by atoms with Crippen LogP contribution in [0.3, 0.4) is 0 Å². The Bertz CT molecular complexity index is 329. The summed E-state index contributed by atoms with van der Waals surface area (Å²) in [7, 11) is 1.41. The summed E-state index contributed by atoms with van der Waals surface area (Å²) in [6.45, 7) is 3.70. The molecular weight excluding hydrogens is 204 g/mol. The van der Waals surface area contributed by atoms with Gasteiger partial charge in [-0.25, -0.2) is 0 Å². The van der Waals surface area contributed by atoms with Crippen molar-refractivity contribution in [3.8, 4) is 11.5 Å². The lowest BCUT2D eigenvalue weighted by Crippen LogP contribution is -2.07. The number of nitrogens with zero attached hydrogens (tertiary/aromatic N) is 1. The fraction of sp³-hybridized carbons (Fsp3) is 0.400. The molecule has 1 rings (SSSR count). The molecule has 1 aromatic rings. The summed E-state index contributed by atoms with van der Waals surface area (Å²) < 4.78 is 34.8. The third-order valence-electron chi connectivity index (χ3n) is 1.71. The molecule has 5 heteroatoms. The standard InChI is InChI=1S/C10H13F2NO2/c1-7(2)15-9-5-4-8(13(11)12)6-10(9)14-3/h4-7H,1-3H3. The van der Waals surface area contributed by atoms with E-state index in [9.17, 15) is 8.96 Å². The second-order valence-corrected chi connectivity index (χ2v) is 3.23. The quantitative estimate of drug-likeness (QED) is 0.723. The van der Waals surface area contributed by atoms with Crippen molar-refractivity contribution in [1.29, 1.82) is 0 Å². The number of benzene rings is 1. The molecule has 15 heavy (non-hydrogen) atoms. The van der Waals surface area contributed by atoms with E-state index >= 15 is 0 Å². The van der Waals surface area contributed by atoms with Crippen LogP contribution >= 0.6 is 0 Å².